The van der Waals surface area contributed by atoms with Crippen molar-refractivity contribution < 1.29 is 9.53 Å². The van der Waals surface area contributed by atoms with E-state index in [1.807, 2.05) is 23.3 Å². The molecule has 0 radical (unpaired) electrons. The Kier molecular flexibility index (Phi) is 5.77. The predicted molar refractivity (Wildman–Crippen MR) is 91.8 cm³/mol. The molecule has 3 heterocycles. The third kappa shape index (κ3) is 4.30. The molecule has 2 aromatic heterocycles. The molecule has 0 bridgehead atoms. The zero-order valence-electron chi connectivity index (χ0n) is 13.6. The first-order valence-corrected chi connectivity index (χ1v) is 9.14. The zero-order valence-corrected chi connectivity index (χ0v) is 14.4. The number of aromatic nitrogens is 3. The Morgan fingerprint density at radius 2 is 2.08 bits per heavy atom. The van der Waals surface area contributed by atoms with Crippen LogP contribution in [0.4, 0.5) is 0 Å². The van der Waals surface area contributed by atoms with Gasteiger partial charge in [0.25, 0.3) is 5.91 Å². The molecular weight excluding hydrogens is 324 g/mol. The molecule has 0 aliphatic carbocycles. The lowest BCUT2D eigenvalue weighted by Gasteiger charge is -2.25. The number of thioether (sulfide) groups is 1. The van der Waals surface area contributed by atoms with Gasteiger partial charge in [-0.05, 0) is 36.8 Å². The van der Waals surface area contributed by atoms with Gasteiger partial charge in [0.05, 0.1) is 11.7 Å². The number of nitrogens with zero attached hydrogens (tertiary/aromatic N) is 4. The van der Waals surface area contributed by atoms with Crippen LogP contribution < -0.4 is 0 Å². The Bertz CT molecular complexity index is 660. The summed E-state index contributed by atoms with van der Waals surface area (Å²) in [5.74, 6) is -0.0741. The maximum absolute atomic E-state index is 12.9. The SMILES string of the molecule is CSc1ncc(C(=O)N(Cc2ccncc2)CC2CCCO2)cn1. The van der Waals surface area contributed by atoms with E-state index in [9.17, 15) is 4.79 Å². The van der Waals surface area contributed by atoms with Crippen molar-refractivity contribution in [3.63, 3.8) is 0 Å². The van der Waals surface area contributed by atoms with Crippen LogP contribution in [0.5, 0.6) is 0 Å². The van der Waals surface area contributed by atoms with Gasteiger partial charge in [-0.15, -0.1) is 0 Å². The van der Waals surface area contributed by atoms with Crippen LogP contribution >= 0.6 is 11.8 Å². The lowest BCUT2D eigenvalue weighted by atomic mass is 10.1. The van der Waals surface area contributed by atoms with Gasteiger partial charge in [0, 0.05) is 44.5 Å². The van der Waals surface area contributed by atoms with Crippen LogP contribution in [0.25, 0.3) is 0 Å². The van der Waals surface area contributed by atoms with Crippen LogP contribution in [0.15, 0.2) is 42.1 Å². The van der Waals surface area contributed by atoms with E-state index in [1.165, 1.54) is 11.8 Å². The third-order valence-corrected chi connectivity index (χ3v) is 4.49. The van der Waals surface area contributed by atoms with Crippen molar-refractivity contribution in [3.8, 4) is 0 Å². The molecule has 1 fully saturated rings. The summed E-state index contributed by atoms with van der Waals surface area (Å²) in [5.41, 5.74) is 1.54. The molecule has 0 N–H and O–H groups in total. The molecule has 1 saturated heterocycles. The quantitative estimate of drug-likeness (QED) is 0.592. The van der Waals surface area contributed by atoms with Crippen LogP contribution in [-0.4, -0.2) is 51.3 Å². The summed E-state index contributed by atoms with van der Waals surface area (Å²) in [6.07, 6.45) is 10.7. The summed E-state index contributed by atoms with van der Waals surface area (Å²) in [6.45, 7) is 1.87. The molecule has 3 rings (SSSR count). The molecule has 1 amide bonds. The highest BCUT2D eigenvalue weighted by Gasteiger charge is 2.24. The molecule has 6 nitrogen and oxygen atoms in total. The highest BCUT2D eigenvalue weighted by atomic mass is 32.2. The highest BCUT2D eigenvalue weighted by molar-refractivity contribution is 7.98. The number of carbonyl (C=O) groups is 1. The van der Waals surface area contributed by atoms with E-state index in [4.69, 9.17) is 4.74 Å². The Morgan fingerprint density at radius 1 is 1.33 bits per heavy atom. The lowest BCUT2D eigenvalue weighted by Crippen LogP contribution is -2.37. The summed E-state index contributed by atoms with van der Waals surface area (Å²) in [4.78, 5) is 27.1. The Balaban J connectivity index is 1.77. The van der Waals surface area contributed by atoms with Gasteiger partial charge < -0.3 is 9.64 Å². The molecule has 0 spiro atoms. The van der Waals surface area contributed by atoms with Crippen molar-refractivity contribution in [2.45, 2.75) is 30.6 Å². The van der Waals surface area contributed by atoms with Gasteiger partial charge in [0.15, 0.2) is 5.16 Å². The topological polar surface area (TPSA) is 68.2 Å². The second-order valence-electron chi connectivity index (χ2n) is 5.63. The predicted octanol–water partition coefficient (Wildman–Crippen LogP) is 2.41. The maximum atomic E-state index is 12.9. The van der Waals surface area contributed by atoms with Gasteiger partial charge in [-0.25, -0.2) is 9.97 Å². The van der Waals surface area contributed by atoms with Gasteiger partial charge in [-0.2, -0.15) is 0 Å². The molecule has 24 heavy (non-hydrogen) atoms. The lowest BCUT2D eigenvalue weighted by molar-refractivity contribution is 0.0506. The minimum Gasteiger partial charge on any atom is -0.376 e. The number of ether oxygens (including phenoxy) is 1. The summed E-state index contributed by atoms with van der Waals surface area (Å²) in [7, 11) is 0. The van der Waals surface area contributed by atoms with Crippen LogP contribution in [0.3, 0.4) is 0 Å². The monoisotopic (exact) mass is 344 g/mol. The molecule has 1 atom stereocenters. The van der Waals surface area contributed by atoms with E-state index in [0.29, 0.717) is 23.8 Å². The van der Waals surface area contributed by atoms with Gasteiger partial charge >= 0.3 is 0 Å². The average molecular weight is 344 g/mol. The number of pyridine rings is 1. The second-order valence-corrected chi connectivity index (χ2v) is 6.41. The molecule has 1 aliphatic rings. The summed E-state index contributed by atoms with van der Waals surface area (Å²) in [6, 6.07) is 3.84. The largest absolute Gasteiger partial charge is 0.376 e. The zero-order chi connectivity index (χ0) is 16.8. The normalized spacial score (nSPS) is 17.0. The van der Waals surface area contributed by atoms with Crippen molar-refractivity contribution in [2.24, 2.45) is 0 Å². The second kappa shape index (κ2) is 8.21. The fraction of sp³-hybridized carbons (Fsp3) is 0.412. The summed E-state index contributed by atoms with van der Waals surface area (Å²) in [5, 5.41) is 0.659. The minimum atomic E-state index is -0.0741. The van der Waals surface area contributed by atoms with E-state index in [-0.39, 0.29) is 12.0 Å². The molecule has 1 aliphatic heterocycles. The van der Waals surface area contributed by atoms with Crippen LogP contribution in [-0.2, 0) is 11.3 Å². The Hall–Kier alpha value is -1.99. The fourth-order valence-electron chi connectivity index (χ4n) is 2.68. The average Bonchev–Trinajstić information content (AvgIpc) is 3.15. The van der Waals surface area contributed by atoms with E-state index in [1.54, 1.807) is 24.8 Å². The van der Waals surface area contributed by atoms with Crippen molar-refractivity contribution in [1.29, 1.82) is 0 Å². The molecule has 0 saturated carbocycles. The number of rotatable bonds is 6. The molecule has 2 aromatic rings. The first-order valence-electron chi connectivity index (χ1n) is 7.92. The molecule has 7 heteroatoms. The van der Waals surface area contributed by atoms with E-state index in [2.05, 4.69) is 15.0 Å². The Labute approximate surface area is 145 Å². The van der Waals surface area contributed by atoms with Crippen LogP contribution in [0.2, 0.25) is 0 Å². The minimum absolute atomic E-state index is 0.0741. The Morgan fingerprint density at radius 3 is 2.71 bits per heavy atom. The third-order valence-electron chi connectivity index (χ3n) is 3.92. The first-order chi connectivity index (χ1) is 11.8. The number of hydrogen-bond donors (Lipinski definition) is 0. The van der Waals surface area contributed by atoms with Crippen LogP contribution in [0.1, 0.15) is 28.8 Å². The summed E-state index contributed by atoms with van der Waals surface area (Å²) >= 11 is 1.45. The number of hydrogen-bond acceptors (Lipinski definition) is 6. The molecular formula is C17H20N4O2S. The van der Waals surface area contributed by atoms with Gasteiger partial charge in [-0.3, -0.25) is 9.78 Å². The number of carbonyl (C=O) groups excluding carboxylic acids is 1. The van der Waals surface area contributed by atoms with E-state index < -0.39 is 0 Å². The molecule has 1 unspecified atom stereocenters. The van der Waals surface area contributed by atoms with Gasteiger partial charge in [0.2, 0.25) is 0 Å². The van der Waals surface area contributed by atoms with Gasteiger partial charge in [0.1, 0.15) is 0 Å². The summed E-state index contributed by atoms with van der Waals surface area (Å²) < 4.78 is 5.70. The van der Waals surface area contributed by atoms with Crippen molar-refractivity contribution >= 4 is 17.7 Å². The van der Waals surface area contributed by atoms with Crippen molar-refractivity contribution in [3.05, 3.63) is 48.0 Å². The van der Waals surface area contributed by atoms with Crippen molar-refractivity contribution in [2.75, 3.05) is 19.4 Å². The van der Waals surface area contributed by atoms with E-state index in [0.717, 1.165) is 25.0 Å². The standard InChI is InChI=1S/C17H20N4O2S/c1-24-17-19-9-14(10-20-17)16(22)21(12-15-3-2-8-23-15)11-13-4-6-18-7-5-13/h4-7,9-10,15H,2-3,8,11-12H2,1H3. The highest BCUT2D eigenvalue weighted by Crippen LogP contribution is 2.17. The first kappa shape index (κ1) is 16.9. The smallest absolute Gasteiger partial charge is 0.257 e. The van der Waals surface area contributed by atoms with Crippen LogP contribution in [0, 0.1) is 0 Å². The molecule has 0 aromatic carbocycles. The molecule has 126 valence electrons. The van der Waals surface area contributed by atoms with Gasteiger partial charge in [-0.1, -0.05) is 11.8 Å². The number of amides is 1. The fourth-order valence-corrected chi connectivity index (χ4v) is 2.99. The van der Waals surface area contributed by atoms with E-state index >= 15 is 0 Å². The van der Waals surface area contributed by atoms with Crippen molar-refractivity contribution in [1.82, 2.24) is 19.9 Å². The maximum Gasteiger partial charge on any atom is 0.257 e.